The normalized spacial score (nSPS) is 12.3. The van der Waals surface area contributed by atoms with Crippen LogP contribution in [0.3, 0.4) is 0 Å². The molecule has 4 aromatic rings. The summed E-state index contributed by atoms with van der Waals surface area (Å²) in [5.41, 5.74) is -0.133. The van der Waals surface area contributed by atoms with E-state index in [4.69, 9.17) is 0 Å². The number of fused-ring (bicyclic) bond motifs is 2. The van der Waals surface area contributed by atoms with Crippen molar-refractivity contribution in [2.45, 2.75) is 9.79 Å². The third kappa shape index (κ3) is 4.55. The average molecular weight is 527 g/mol. The Hall–Kier alpha value is -3.05. The SMILES string of the molecule is O=S(=O)(O)c1cc(O)c([NH+]=Nc2ccc3cccc(S(=O)(=O)O)c3c2O)c2ccccc12.[Cr]. The molecule has 0 radical (unpaired) electrons. The molecule has 33 heavy (non-hydrogen) atoms. The first kappa shape index (κ1) is 24.6. The molecule has 4 aromatic carbocycles. The number of hydrogen-bond acceptors (Lipinski definition) is 7. The first-order valence-electron chi connectivity index (χ1n) is 8.89. The molecular weight excluding hydrogens is 512 g/mol. The molecular formula is C20H15CrN2O8S2+. The summed E-state index contributed by atoms with van der Waals surface area (Å²) in [6.07, 6.45) is 0. The number of hydrogen-bond donors (Lipinski definition) is 5. The maximum atomic E-state index is 11.7. The molecule has 10 nitrogen and oxygen atoms in total. The van der Waals surface area contributed by atoms with E-state index in [1.165, 1.54) is 36.4 Å². The van der Waals surface area contributed by atoms with Gasteiger partial charge in [0.15, 0.2) is 17.2 Å². The maximum absolute atomic E-state index is 11.7. The van der Waals surface area contributed by atoms with E-state index in [1.807, 2.05) is 0 Å². The van der Waals surface area contributed by atoms with E-state index in [9.17, 15) is 36.2 Å². The predicted octanol–water partition coefficient (Wildman–Crippen LogP) is 2.39. The third-order valence-corrected chi connectivity index (χ3v) is 6.58. The van der Waals surface area contributed by atoms with Crippen LogP contribution in [-0.2, 0) is 37.6 Å². The molecule has 0 amide bonds. The van der Waals surface area contributed by atoms with Gasteiger partial charge in [-0.25, -0.2) is 0 Å². The Balaban J connectivity index is 0.00000306. The van der Waals surface area contributed by atoms with Crippen molar-refractivity contribution in [2.24, 2.45) is 5.11 Å². The molecule has 4 rings (SSSR count). The van der Waals surface area contributed by atoms with Gasteiger partial charge in [-0.2, -0.15) is 16.8 Å². The Kier molecular flexibility index (Phi) is 6.49. The van der Waals surface area contributed by atoms with Crippen LogP contribution in [0.15, 0.2) is 75.6 Å². The molecule has 0 saturated carbocycles. The third-order valence-electron chi connectivity index (χ3n) is 4.79. The van der Waals surface area contributed by atoms with E-state index in [2.05, 4.69) is 10.2 Å². The summed E-state index contributed by atoms with van der Waals surface area (Å²) in [6, 6.07) is 13.8. The molecule has 0 bridgehead atoms. The maximum Gasteiger partial charge on any atom is 0.295 e. The van der Waals surface area contributed by atoms with Gasteiger partial charge in [-0.05, 0) is 23.6 Å². The standard InChI is InChI=1S/C20H14N2O8S2.Cr/c23-15-10-17(32(28,29)30)12-5-1-2-6-13(12)19(15)22-21-14-9-8-11-4-3-7-16(31(25,26)27)18(11)20(14)24;/h1-10,23-24H,(H,25,26,27)(H,28,29,30);/p+1. The van der Waals surface area contributed by atoms with Crippen molar-refractivity contribution in [1.82, 2.24) is 0 Å². The monoisotopic (exact) mass is 527 g/mol. The Morgan fingerprint density at radius 1 is 0.758 bits per heavy atom. The van der Waals surface area contributed by atoms with E-state index in [-0.39, 0.29) is 44.9 Å². The van der Waals surface area contributed by atoms with Crippen molar-refractivity contribution in [3.05, 3.63) is 60.7 Å². The van der Waals surface area contributed by atoms with Crippen molar-refractivity contribution < 1.29 is 58.6 Å². The van der Waals surface area contributed by atoms with E-state index in [0.29, 0.717) is 5.39 Å². The molecule has 0 aliphatic carbocycles. The summed E-state index contributed by atoms with van der Waals surface area (Å²) in [5.74, 6) is -1.08. The van der Waals surface area contributed by atoms with Crippen molar-refractivity contribution in [3.63, 3.8) is 0 Å². The van der Waals surface area contributed by atoms with Gasteiger partial charge in [0.2, 0.25) is 0 Å². The quantitative estimate of drug-likeness (QED) is 0.153. The number of aromatic hydroxyl groups is 2. The van der Waals surface area contributed by atoms with Gasteiger partial charge in [-0.15, -0.1) is 0 Å². The molecule has 0 aliphatic heterocycles. The van der Waals surface area contributed by atoms with Crippen LogP contribution in [0, 0.1) is 0 Å². The molecule has 0 heterocycles. The number of nitrogens with zero attached hydrogens (tertiary/aromatic N) is 1. The summed E-state index contributed by atoms with van der Waals surface area (Å²) >= 11 is 0. The van der Waals surface area contributed by atoms with Gasteiger partial charge in [-0.3, -0.25) is 9.11 Å². The number of benzene rings is 4. The number of nitrogens with one attached hydrogen (secondary N) is 1. The van der Waals surface area contributed by atoms with Crippen LogP contribution in [0.2, 0.25) is 0 Å². The van der Waals surface area contributed by atoms with E-state index in [1.54, 1.807) is 12.1 Å². The summed E-state index contributed by atoms with van der Waals surface area (Å²) in [6.45, 7) is 0. The molecule has 170 valence electrons. The van der Waals surface area contributed by atoms with Gasteiger partial charge in [0, 0.05) is 39.3 Å². The van der Waals surface area contributed by atoms with E-state index < -0.39 is 41.5 Å². The van der Waals surface area contributed by atoms with Gasteiger partial charge in [0.05, 0.1) is 5.39 Å². The van der Waals surface area contributed by atoms with Crippen molar-refractivity contribution in [1.29, 1.82) is 0 Å². The van der Waals surface area contributed by atoms with Crippen LogP contribution in [0.1, 0.15) is 0 Å². The molecule has 13 heteroatoms. The first-order chi connectivity index (χ1) is 15.0. The number of azo groups is 1. The zero-order chi connectivity index (χ0) is 23.3. The van der Waals surface area contributed by atoms with E-state index in [0.717, 1.165) is 12.1 Å². The Morgan fingerprint density at radius 3 is 2.03 bits per heavy atom. The zero-order valence-electron chi connectivity index (χ0n) is 16.4. The van der Waals surface area contributed by atoms with Crippen LogP contribution >= 0.6 is 0 Å². The topological polar surface area (TPSA) is 176 Å². The largest absolute Gasteiger partial charge is 0.505 e. The molecule has 0 aromatic heterocycles. The van der Waals surface area contributed by atoms with Gasteiger partial charge >= 0.3 is 0 Å². The summed E-state index contributed by atoms with van der Waals surface area (Å²) in [7, 11) is -9.26. The Labute approximate surface area is 198 Å². The molecule has 0 fully saturated rings. The number of phenols is 2. The molecule has 0 spiro atoms. The van der Waals surface area contributed by atoms with Crippen LogP contribution < -0.4 is 5.11 Å². The minimum absolute atomic E-state index is 0. The fraction of sp³-hybridized carbons (Fsp3) is 0. The van der Waals surface area contributed by atoms with Gasteiger partial charge < -0.3 is 10.2 Å². The van der Waals surface area contributed by atoms with Crippen LogP contribution in [0.4, 0.5) is 11.4 Å². The van der Waals surface area contributed by atoms with Gasteiger partial charge in [-0.1, -0.05) is 41.5 Å². The molecule has 0 unspecified atom stereocenters. The summed E-state index contributed by atoms with van der Waals surface area (Å²) in [4.78, 5) is -1.00. The zero-order valence-corrected chi connectivity index (χ0v) is 19.3. The minimum atomic E-state index is -4.63. The fourth-order valence-electron chi connectivity index (χ4n) is 3.40. The number of rotatable bonds is 4. The molecule has 5 N–H and O–H groups in total. The first-order valence-corrected chi connectivity index (χ1v) is 11.8. The van der Waals surface area contributed by atoms with Crippen LogP contribution in [0.5, 0.6) is 11.5 Å². The Morgan fingerprint density at radius 2 is 1.39 bits per heavy atom. The minimum Gasteiger partial charge on any atom is -0.505 e. The summed E-state index contributed by atoms with van der Waals surface area (Å²) in [5, 5.41) is 28.0. The van der Waals surface area contributed by atoms with Gasteiger partial charge in [0.25, 0.3) is 25.9 Å². The van der Waals surface area contributed by atoms with E-state index >= 15 is 0 Å². The average Bonchev–Trinajstić information content (AvgIpc) is 2.72. The molecule has 0 saturated heterocycles. The molecule has 0 atom stereocenters. The van der Waals surface area contributed by atoms with Crippen molar-refractivity contribution in [2.75, 3.05) is 0 Å². The van der Waals surface area contributed by atoms with Crippen LogP contribution in [0.25, 0.3) is 21.5 Å². The molecule has 0 aliphatic rings. The van der Waals surface area contributed by atoms with Crippen molar-refractivity contribution >= 4 is 53.2 Å². The fourth-order valence-corrected chi connectivity index (χ4v) is 4.84. The second-order valence-corrected chi connectivity index (χ2v) is 9.56. The number of phenolic OH excluding ortho intramolecular Hbond substituents is 2. The van der Waals surface area contributed by atoms with Crippen molar-refractivity contribution in [3.8, 4) is 11.5 Å². The smallest absolute Gasteiger partial charge is 0.295 e. The second-order valence-electron chi connectivity index (χ2n) is 6.78. The predicted molar refractivity (Wildman–Crippen MR) is 114 cm³/mol. The second kappa shape index (κ2) is 8.71. The van der Waals surface area contributed by atoms with Crippen LogP contribution in [-0.4, -0.2) is 36.2 Å². The Bertz CT molecular complexity index is 1650. The van der Waals surface area contributed by atoms with Gasteiger partial charge in [0.1, 0.15) is 9.79 Å². The summed E-state index contributed by atoms with van der Waals surface area (Å²) < 4.78 is 65.6.